The molecule has 1 amide bonds. The number of rotatable bonds is 5. The molecule has 2 fully saturated rings. The van der Waals surface area contributed by atoms with E-state index in [9.17, 15) is 4.79 Å². The van der Waals surface area contributed by atoms with Crippen molar-refractivity contribution < 1.29 is 4.79 Å². The van der Waals surface area contributed by atoms with Crippen LogP contribution in [0.5, 0.6) is 0 Å². The van der Waals surface area contributed by atoms with E-state index in [0.29, 0.717) is 18.2 Å². The van der Waals surface area contributed by atoms with Gasteiger partial charge in [-0.05, 0) is 50.0 Å². The van der Waals surface area contributed by atoms with Gasteiger partial charge >= 0.3 is 0 Å². The summed E-state index contributed by atoms with van der Waals surface area (Å²) in [6.07, 6.45) is 8.50. The third-order valence-electron chi connectivity index (χ3n) is 5.76. The van der Waals surface area contributed by atoms with Crippen LogP contribution in [-0.2, 0) is 11.3 Å². The Hall–Kier alpha value is -1.90. The van der Waals surface area contributed by atoms with Crippen LogP contribution in [0.25, 0.3) is 0 Å². The van der Waals surface area contributed by atoms with E-state index in [0.717, 1.165) is 52.0 Å². The van der Waals surface area contributed by atoms with E-state index in [1.165, 1.54) is 31.2 Å². The van der Waals surface area contributed by atoms with Crippen LogP contribution in [0, 0.1) is 11.3 Å². The first kappa shape index (κ1) is 19.9. The van der Waals surface area contributed by atoms with Crippen molar-refractivity contribution in [2.75, 3.05) is 32.7 Å². The van der Waals surface area contributed by atoms with Gasteiger partial charge in [0.25, 0.3) is 0 Å². The van der Waals surface area contributed by atoms with Gasteiger partial charge in [0, 0.05) is 25.7 Å². The molecule has 1 aliphatic carbocycles. The quantitative estimate of drug-likeness (QED) is 0.812. The van der Waals surface area contributed by atoms with Crippen molar-refractivity contribution in [3.05, 3.63) is 35.4 Å². The molecule has 1 N–H and O–H groups in total. The number of hydrogen-bond acceptors (Lipinski definition) is 4. The molecular formula is C22H32N4O. The number of benzene rings is 1. The number of carbonyl (C=O) groups excluding carboxylic acids is 1. The van der Waals surface area contributed by atoms with Gasteiger partial charge < -0.3 is 5.32 Å². The zero-order valence-electron chi connectivity index (χ0n) is 16.3. The van der Waals surface area contributed by atoms with Crippen LogP contribution >= 0.6 is 0 Å². The van der Waals surface area contributed by atoms with Crippen molar-refractivity contribution in [1.82, 2.24) is 15.1 Å². The van der Waals surface area contributed by atoms with Crippen LogP contribution in [0.3, 0.4) is 0 Å². The third-order valence-corrected chi connectivity index (χ3v) is 5.76. The van der Waals surface area contributed by atoms with Crippen LogP contribution in [0.2, 0.25) is 0 Å². The minimum absolute atomic E-state index is 0.197. The second-order valence-corrected chi connectivity index (χ2v) is 7.97. The Morgan fingerprint density at radius 3 is 2.33 bits per heavy atom. The Kier molecular flexibility index (Phi) is 7.67. The Morgan fingerprint density at radius 1 is 0.963 bits per heavy atom. The minimum atomic E-state index is 0.197. The van der Waals surface area contributed by atoms with Gasteiger partial charge in [0.05, 0.1) is 18.2 Å². The Morgan fingerprint density at radius 2 is 1.63 bits per heavy atom. The molecule has 5 heteroatoms. The van der Waals surface area contributed by atoms with Crippen LogP contribution < -0.4 is 5.32 Å². The molecule has 0 spiro atoms. The Bertz CT molecular complexity index is 629. The largest absolute Gasteiger partial charge is 0.352 e. The highest BCUT2D eigenvalue weighted by molar-refractivity contribution is 5.78. The Labute approximate surface area is 163 Å². The molecule has 0 radical (unpaired) electrons. The standard InChI is InChI=1S/C22H32N4O/c23-16-19-8-10-20(11-9-19)17-25-12-5-13-26(15-14-25)18-22(27)24-21-6-3-1-2-4-7-21/h8-11,21H,1-7,12-15,17-18H2,(H,24,27). The lowest BCUT2D eigenvalue weighted by Crippen LogP contribution is -2.43. The summed E-state index contributed by atoms with van der Waals surface area (Å²) in [5, 5.41) is 12.2. The first-order valence-corrected chi connectivity index (χ1v) is 10.5. The van der Waals surface area contributed by atoms with Crippen LogP contribution in [0.4, 0.5) is 0 Å². The summed E-state index contributed by atoms with van der Waals surface area (Å²) >= 11 is 0. The molecule has 1 saturated heterocycles. The van der Waals surface area contributed by atoms with E-state index in [1.54, 1.807) is 0 Å². The zero-order chi connectivity index (χ0) is 18.9. The predicted octanol–water partition coefficient (Wildman–Crippen LogP) is 2.90. The third kappa shape index (κ3) is 6.64. The second-order valence-electron chi connectivity index (χ2n) is 7.97. The van der Waals surface area contributed by atoms with E-state index >= 15 is 0 Å². The average Bonchev–Trinajstić information content (AvgIpc) is 3.06. The van der Waals surface area contributed by atoms with Crippen molar-refractivity contribution in [3.8, 4) is 6.07 Å². The SMILES string of the molecule is N#Cc1ccc(CN2CCCN(CC(=O)NC3CCCCCC3)CC2)cc1. The maximum Gasteiger partial charge on any atom is 0.234 e. The van der Waals surface area contributed by atoms with Crippen molar-refractivity contribution in [3.63, 3.8) is 0 Å². The van der Waals surface area contributed by atoms with Gasteiger partial charge in [-0.25, -0.2) is 0 Å². The first-order valence-electron chi connectivity index (χ1n) is 10.5. The van der Waals surface area contributed by atoms with Crippen molar-refractivity contribution >= 4 is 5.91 Å². The fraction of sp³-hybridized carbons (Fsp3) is 0.636. The summed E-state index contributed by atoms with van der Waals surface area (Å²) in [5.74, 6) is 0.197. The molecule has 2 aliphatic rings. The van der Waals surface area contributed by atoms with E-state index < -0.39 is 0 Å². The molecule has 1 aliphatic heterocycles. The molecule has 3 rings (SSSR count). The van der Waals surface area contributed by atoms with Gasteiger partial charge in [-0.1, -0.05) is 37.8 Å². The fourth-order valence-electron chi connectivity index (χ4n) is 4.18. The number of amides is 1. The van der Waals surface area contributed by atoms with Crippen LogP contribution in [-0.4, -0.2) is 54.5 Å². The predicted molar refractivity (Wildman–Crippen MR) is 107 cm³/mol. The summed E-state index contributed by atoms with van der Waals surface area (Å²) in [7, 11) is 0. The molecule has 0 unspecified atom stereocenters. The monoisotopic (exact) mass is 368 g/mol. The average molecular weight is 369 g/mol. The lowest BCUT2D eigenvalue weighted by molar-refractivity contribution is -0.123. The topological polar surface area (TPSA) is 59.4 Å². The molecule has 1 aromatic rings. The summed E-state index contributed by atoms with van der Waals surface area (Å²) < 4.78 is 0. The van der Waals surface area contributed by atoms with Crippen molar-refractivity contribution in [2.24, 2.45) is 0 Å². The maximum absolute atomic E-state index is 12.4. The highest BCUT2D eigenvalue weighted by Gasteiger charge is 2.19. The first-order chi connectivity index (χ1) is 13.2. The molecule has 1 aromatic carbocycles. The molecule has 5 nitrogen and oxygen atoms in total. The Balaban J connectivity index is 1.42. The highest BCUT2D eigenvalue weighted by atomic mass is 16.2. The summed E-state index contributed by atoms with van der Waals surface area (Å²) in [5.41, 5.74) is 1.95. The zero-order valence-corrected chi connectivity index (χ0v) is 16.3. The van der Waals surface area contributed by atoms with Gasteiger partial charge in [-0.2, -0.15) is 5.26 Å². The van der Waals surface area contributed by atoms with Crippen LogP contribution in [0.15, 0.2) is 24.3 Å². The lowest BCUT2D eigenvalue weighted by Gasteiger charge is -2.23. The fourth-order valence-corrected chi connectivity index (χ4v) is 4.18. The van der Waals surface area contributed by atoms with E-state index in [2.05, 4.69) is 21.2 Å². The number of hydrogen-bond donors (Lipinski definition) is 1. The summed E-state index contributed by atoms with van der Waals surface area (Å²) in [6, 6.07) is 10.4. The highest BCUT2D eigenvalue weighted by Crippen LogP contribution is 2.17. The molecular weight excluding hydrogens is 336 g/mol. The molecule has 0 aromatic heterocycles. The number of nitrogens with one attached hydrogen (secondary N) is 1. The van der Waals surface area contributed by atoms with E-state index in [-0.39, 0.29) is 5.91 Å². The van der Waals surface area contributed by atoms with Gasteiger partial charge in [-0.3, -0.25) is 14.6 Å². The maximum atomic E-state index is 12.4. The lowest BCUT2D eigenvalue weighted by atomic mass is 10.1. The summed E-state index contributed by atoms with van der Waals surface area (Å²) in [6.45, 7) is 5.41. The molecule has 146 valence electrons. The van der Waals surface area contributed by atoms with Gasteiger partial charge in [0.1, 0.15) is 0 Å². The molecule has 0 bridgehead atoms. The number of nitriles is 1. The number of nitrogens with zero attached hydrogens (tertiary/aromatic N) is 3. The van der Waals surface area contributed by atoms with Crippen molar-refractivity contribution in [2.45, 2.75) is 57.5 Å². The van der Waals surface area contributed by atoms with Crippen LogP contribution in [0.1, 0.15) is 56.1 Å². The minimum Gasteiger partial charge on any atom is -0.352 e. The van der Waals surface area contributed by atoms with E-state index in [1.807, 2.05) is 24.3 Å². The van der Waals surface area contributed by atoms with Gasteiger partial charge in [-0.15, -0.1) is 0 Å². The second kappa shape index (κ2) is 10.4. The van der Waals surface area contributed by atoms with Crippen molar-refractivity contribution in [1.29, 1.82) is 5.26 Å². The van der Waals surface area contributed by atoms with E-state index in [4.69, 9.17) is 5.26 Å². The van der Waals surface area contributed by atoms with Gasteiger partial charge in [0.2, 0.25) is 5.91 Å². The molecule has 0 atom stereocenters. The molecule has 27 heavy (non-hydrogen) atoms. The summed E-state index contributed by atoms with van der Waals surface area (Å²) in [4.78, 5) is 17.2. The number of carbonyl (C=O) groups is 1. The molecule has 1 saturated carbocycles. The smallest absolute Gasteiger partial charge is 0.234 e. The molecule has 1 heterocycles. The van der Waals surface area contributed by atoms with Gasteiger partial charge in [0.15, 0.2) is 0 Å². The normalized spacial score (nSPS) is 20.4.